The van der Waals surface area contributed by atoms with Crippen molar-refractivity contribution in [1.29, 1.82) is 0 Å². The summed E-state index contributed by atoms with van der Waals surface area (Å²) in [6, 6.07) is 1.56. The largest absolute Gasteiger partial charge is 0.466 e. The maximum atomic E-state index is 13.4. The maximum absolute atomic E-state index is 13.4. The molecule has 0 aromatic heterocycles. The number of nitrogens with one attached hydrogen (secondary N) is 2. The molecule has 0 saturated carbocycles. The topological polar surface area (TPSA) is 76.7 Å². The molecule has 22 heavy (non-hydrogen) atoms. The average molecular weight is 312 g/mol. The van der Waals surface area contributed by atoms with Crippen LogP contribution in [0, 0.1) is 11.6 Å². The van der Waals surface area contributed by atoms with E-state index in [1.54, 1.807) is 0 Å². The van der Waals surface area contributed by atoms with Crippen LogP contribution in [0.3, 0.4) is 0 Å². The van der Waals surface area contributed by atoms with Crippen LogP contribution < -0.4 is 10.6 Å². The third kappa shape index (κ3) is 3.06. The second-order valence-corrected chi connectivity index (χ2v) is 4.52. The Morgan fingerprint density at radius 1 is 1.27 bits per heavy atom. The van der Waals surface area contributed by atoms with Crippen LogP contribution in [0.4, 0.5) is 13.6 Å². The number of urea groups is 1. The molecular formula is C14H14F2N2O4. The number of rotatable bonds is 4. The molecule has 1 aliphatic rings. The zero-order chi connectivity index (χ0) is 16.3. The van der Waals surface area contributed by atoms with Crippen LogP contribution in [0.25, 0.3) is 0 Å². The van der Waals surface area contributed by atoms with Crippen LogP contribution in [-0.2, 0) is 14.3 Å². The van der Waals surface area contributed by atoms with Gasteiger partial charge in [0.25, 0.3) is 0 Å². The quantitative estimate of drug-likeness (QED) is 0.824. The maximum Gasteiger partial charge on any atom is 0.338 e. The lowest BCUT2D eigenvalue weighted by Gasteiger charge is -2.28. The van der Waals surface area contributed by atoms with Gasteiger partial charge in [0.2, 0.25) is 0 Å². The molecule has 1 heterocycles. The molecule has 1 aromatic carbocycles. The Hall–Kier alpha value is -2.48. The molecule has 0 aliphatic carbocycles. The summed E-state index contributed by atoms with van der Waals surface area (Å²) in [5.41, 5.74) is 0.477. The van der Waals surface area contributed by atoms with Crippen molar-refractivity contribution >= 4 is 12.0 Å². The van der Waals surface area contributed by atoms with E-state index in [0.29, 0.717) is 0 Å². The fourth-order valence-electron chi connectivity index (χ4n) is 2.17. The van der Waals surface area contributed by atoms with E-state index in [0.717, 1.165) is 12.1 Å². The minimum absolute atomic E-state index is 0.0436. The highest BCUT2D eigenvalue weighted by Crippen LogP contribution is 2.28. The first-order valence-electron chi connectivity index (χ1n) is 6.30. The highest BCUT2D eigenvalue weighted by molar-refractivity contribution is 5.95. The van der Waals surface area contributed by atoms with Crippen LogP contribution in [0.5, 0.6) is 0 Å². The fourth-order valence-corrected chi connectivity index (χ4v) is 2.17. The normalized spacial score (nSPS) is 17.8. The number of benzene rings is 1. The predicted octanol–water partition coefficient (Wildman–Crippen LogP) is 1.39. The lowest BCUT2D eigenvalue weighted by atomic mass is 9.95. The molecule has 2 N–H and O–H groups in total. The molecule has 0 bridgehead atoms. The van der Waals surface area contributed by atoms with E-state index < -0.39 is 29.7 Å². The van der Waals surface area contributed by atoms with Gasteiger partial charge in [0, 0.05) is 7.11 Å². The number of amides is 2. The summed E-state index contributed by atoms with van der Waals surface area (Å²) in [5.74, 6) is -2.82. The molecule has 1 aromatic rings. The molecule has 0 saturated heterocycles. The molecule has 8 heteroatoms. The minimum Gasteiger partial charge on any atom is -0.466 e. The Labute approximate surface area is 125 Å². The number of ether oxygens (including phenoxy) is 2. The van der Waals surface area contributed by atoms with Gasteiger partial charge in [-0.2, -0.15) is 0 Å². The molecule has 1 aliphatic heterocycles. The van der Waals surface area contributed by atoms with E-state index in [1.165, 1.54) is 20.3 Å². The zero-order valence-electron chi connectivity index (χ0n) is 11.9. The lowest BCUT2D eigenvalue weighted by Crippen LogP contribution is -2.46. The highest BCUT2D eigenvalue weighted by atomic mass is 19.2. The summed E-state index contributed by atoms with van der Waals surface area (Å²) >= 11 is 0. The molecular weight excluding hydrogens is 298 g/mol. The molecule has 0 unspecified atom stereocenters. The van der Waals surface area contributed by atoms with Crippen molar-refractivity contribution in [2.75, 3.05) is 20.8 Å². The van der Waals surface area contributed by atoms with E-state index in [-0.39, 0.29) is 23.4 Å². The van der Waals surface area contributed by atoms with Gasteiger partial charge in [-0.3, -0.25) is 0 Å². The van der Waals surface area contributed by atoms with Gasteiger partial charge < -0.3 is 20.1 Å². The number of hydrogen-bond donors (Lipinski definition) is 2. The monoisotopic (exact) mass is 312 g/mol. The standard InChI is InChI=1S/C14H14F2N2O4/c1-21-6-10-11(13(19)22-2)12(18-14(20)17-10)7-3-4-8(15)9(16)5-7/h3-5,12H,6H2,1-2H3,(H2,17,18,20)/t12-/m0/s1. The van der Waals surface area contributed by atoms with Gasteiger partial charge in [0.1, 0.15) is 0 Å². The Morgan fingerprint density at radius 3 is 2.59 bits per heavy atom. The first kappa shape index (κ1) is 15.9. The van der Waals surface area contributed by atoms with E-state index in [9.17, 15) is 18.4 Å². The van der Waals surface area contributed by atoms with Crippen LogP contribution in [-0.4, -0.2) is 32.8 Å². The van der Waals surface area contributed by atoms with E-state index in [1.807, 2.05) is 0 Å². The molecule has 118 valence electrons. The number of halogens is 2. The third-order valence-corrected chi connectivity index (χ3v) is 3.12. The van der Waals surface area contributed by atoms with Gasteiger partial charge >= 0.3 is 12.0 Å². The summed E-state index contributed by atoms with van der Waals surface area (Å²) in [5, 5.41) is 4.92. The second kappa shape index (κ2) is 6.52. The van der Waals surface area contributed by atoms with Gasteiger partial charge in [-0.05, 0) is 17.7 Å². The summed E-state index contributed by atoms with van der Waals surface area (Å²) in [6.45, 7) is -0.0436. The number of carbonyl (C=O) groups is 2. The average Bonchev–Trinajstić information content (AvgIpc) is 2.49. The van der Waals surface area contributed by atoms with Crippen molar-refractivity contribution in [3.8, 4) is 0 Å². The molecule has 6 nitrogen and oxygen atoms in total. The Morgan fingerprint density at radius 2 is 2.00 bits per heavy atom. The fraction of sp³-hybridized carbons (Fsp3) is 0.286. The van der Waals surface area contributed by atoms with Crippen molar-refractivity contribution in [3.05, 3.63) is 46.7 Å². The Bertz CT molecular complexity index is 646. The number of methoxy groups -OCH3 is 2. The molecule has 0 fully saturated rings. The van der Waals surface area contributed by atoms with E-state index >= 15 is 0 Å². The van der Waals surface area contributed by atoms with Gasteiger partial charge in [-0.1, -0.05) is 6.07 Å². The second-order valence-electron chi connectivity index (χ2n) is 4.52. The Balaban J connectivity index is 2.53. The van der Waals surface area contributed by atoms with Crippen LogP contribution >= 0.6 is 0 Å². The predicted molar refractivity (Wildman–Crippen MR) is 71.7 cm³/mol. The van der Waals surface area contributed by atoms with Crippen molar-refractivity contribution in [3.63, 3.8) is 0 Å². The SMILES string of the molecule is COCC1=C(C(=O)OC)[C@H](c2ccc(F)c(F)c2)NC(=O)N1. The summed E-state index contributed by atoms with van der Waals surface area (Å²) < 4.78 is 36.1. The first-order valence-corrected chi connectivity index (χ1v) is 6.30. The minimum atomic E-state index is -1.08. The zero-order valence-corrected chi connectivity index (χ0v) is 11.9. The van der Waals surface area contributed by atoms with Crippen molar-refractivity contribution in [2.24, 2.45) is 0 Å². The van der Waals surface area contributed by atoms with Crippen LogP contribution in [0.15, 0.2) is 29.5 Å². The highest BCUT2D eigenvalue weighted by Gasteiger charge is 2.33. The van der Waals surface area contributed by atoms with Gasteiger partial charge in [-0.15, -0.1) is 0 Å². The summed E-state index contributed by atoms with van der Waals surface area (Å²) in [6.07, 6.45) is 0. The summed E-state index contributed by atoms with van der Waals surface area (Å²) in [7, 11) is 2.57. The van der Waals surface area contributed by atoms with Crippen molar-refractivity contribution < 1.29 is 27.8 Å². The third-order valence-electron chi connectivity index (χ3n) is 3.12. The van der Waals surface area contributed by atoms with Crippen LogP contribution in [0.1, 0.15) is 11.6 Å². The smallest absolute Gasteiger partial charge is 0.338 e. The Kier molecular flexibility index (Phi) is 4.71. The number of carbonyl (C=O) groups excluding carboxylic acids is 2. The number of hydrogen-bond acceptors (Lipinski definition) is 4. The van der Waals surface area contributed by atoms with E-state index in [4.69, 9.17) is 9.47 Å². The first-order chi connectivity index (χ1) is 10.5. The van der Waals surface area contributed by atoms with Crippen molar-refractivity contribution in [2.45, 2.75) is 6.04 Å². The molecule has 1 atom stereocenters. The summed E-state index contributed by atoms with van der Waals surface area (Å²) in [4.78, 5) is 23.7. The van der Waals surface area contributed by atoms with E-state index in [2.05, 4.69) is 10.6 Å². The van der Waals surface area contributed by atoms with Gasteiger partial charge in [0.05, 0.1) is 31.0 Å². The molecule has 0 spiro atoms. The van der Waals surface area contributed by atoms with Gasteiger partial charge in [-0.25, -0.2) is 18.4 Å². The van der Waals surface area contributed by atoms with Crippen molar-refractivity contribution in [1.82, 2.24) is 10.6 Å². The lowest BCUT2D eigenvalue weighted by molar-refractivity contribution is -0.136. The molecule has 0 radical (unpaired) electrons. The van der Waals surface area contributed by atoms with Gasteiger partial charge in [0.15, 0.2) is 11.6 Å². The molecule has 2 rings (SSSR count). The molecule has 2 amide bonds. The number of esters is 1. The van der Waals surface area contributed by atoms with Crippen LogP contribution in [0.2, 0.25) is 0 Å².